The maximum Gasteiger partial charge on any atom is 0.321 e. The fourth-order valence-electron chi connectivity index (χ4n) is 1.22. The highest BCUT2D eigenvalue weighted by Gasteiger charge is 2.16. The predicted molar refractivity (Wildman–Crippen MR) is 57.7 cm³/mol. The molecular weight excluding hydrogens is 224 g/mol. The van der Waals surface area contributed by atoms with E-state index >= 15 is 0 Å². The van der Waals surface area contributed by atoms with Crippen molar-refractivity contribution in [2.75, 3.05) is 17.4 Å². The zero-order valence-electron chi connectivity index (χ0n) is 7.72. The highest BCUT2D eigenvalue weighted by Crippen LogP contribution is 2.16. The average Bonchev–Trinajstić information content (AvgIpc) is 2.19. The number of hydrogen-bond acceptors (Lipinski definition) is 3. The van der Waals surface area contributed by atoms with E-state index in [1.165, 1.54) is 0 Å². The monoisotopic (exact) mass is 236 g/mol. The molecule has 0 aliphatic carbocycles. The van der Waals surface area contributed by atoms with Gasteiger partial charge in [-0.2, -0.15) is 11.8 Å². The molecule has 0 radical (unpaired) electrons. The molecule has 1 fully saturated rings. The van der Waals surface area contributed by atoms with Crippen LogP contribution in [0.1, 0.15) is 12.8 Å². The van der Waals surface area contributed by atoms with E-state index in [1.807, 2.05) is 11.8 Å². The molecule has 0 aromatic rings. The van der Waals surface area contributed by atoms with E-state index in [0.717, 1.165) is 24.3 Å². The van der Waals surface area contributed by atoms with Crippen LogP contribution < -0.4 is 10.6 Å². The Hall–Kier alpha value is -0.420. The summed E-state index contributed by atoms with van der Waals surface area (Å²) < 4.78 is 0. The molecule has 80 valence electrons. The third-order valence-electron chi connectivity index (χ3n) is 1.93. The molecule has 1 saturated heterocycles. The summed E-state index contributed by atoms with van der Waals surface area (Å²) in [6, 6.07) is -0.244. The number of hydrogen-bond donors (Lipinski definition) is 2. The molecule has 3 amide bonds. The summed E-state index contributed by atoms with van der Waals surface area (Å²) in [5.41, 5.74) is 0. The Morgan fingerprint density at radius 2 is 2.00 bits per heavy atom. The molecule has 0 spiro atoms. The lowest BCUT2D eigenvalue weighted by atomic mass is 10.2. The summed E-state index contributed by atoms with van der Waals surface area (Å²) in [6.07, 6.45) is 1.93. The quantitative estimate of drug-likeness (QED) is 0.702. The summed E-state index contributed by atoms with van der Waals surface area (Å²) in [7, 11) is 0. The maximum atomic E-state index is 11.2. The Labute approximate surface area is 92.1 Å². The van der Waals surface area contributed by atoms with Crippen molar-refractivity contribution in [2.45, 2.75) is 18.9 Å². The van der Waals surface area contributed by atoms with E-state index in [4.69, 9.17) is 11.6 Å². The van der Waals surface area contributed by atoms with Crippen molar-refractivity contribution in [1.82, 2.24) is 10.6 Å². The number of imide groups is 1. The summed E-state index contributed by atoms with van der Waals surface area (Å²) in [5, 5.41) is 4.89. The van der Waals surface area contributed by atoms with Gasteiger partial charge >= 0.3 is 6.03 Å². The molecular formula is C8H13ClN2O2S. The van der Waals surface area contributed by atoms with Gasteiger partial charge in [0.05, 0.1) is 0 Å². The number of nitrogens with one attached hydrogen (secondary N) is 2. The van der Waals surface area contributed by atoms with Crippen LogP contribution in [0, 0.1) is 0 Å². The van der Waals surface area contributed by atoms with Crippen molar-refractivity contribution in [2.24, 2.45) is 0 Å². The number of amides is 3. The van der Waals surface area contributed by atoms with Crippen LogP contribution in [0.3, 0.4) is 0 Å². The summed E-state index contributed by atoms with van der Waals surface area (Å²) in [4.78, 5) is 21.9. The second-order valence-electron chi connectivity index (χ2n) is 3.04. The first-order valence-electron chi connectivity index (χ1n) is 4.46. The number of urea groups is 1. The molecule has 1 aliphatic heterocycles. The van der Waals surface area contributed by atoms with E-state index in [9.17, 15) is 9.59 Å². The van der Waals surface area contributed by atoms with Crippen LogP contribution in [-0.2, 0) is 4.79 Å². The van der Waals surface area contributed by atoms with Gasteiger partial charge in [-0.15, -0.1) is 11.6 Å². The van der Waals surface area contributed by atoms with Crippen molar-refractivity contribution < 1.29 is 9.59 Å². The van der Waals surface area contributed by atoms with Crippen molar-refractivity contribution >= 4 is 35.3 Å². The van der Waals surface area contributed by atoms with Crippen molar-refractivity contribution in [3.05, 3.63) is 0 Å². The molecule has 2 N–H and O–H groups in total. The first kappa shape index (κ1) is 11.7. The molecule has 4 nitrogen and oxygen atoms in total. The highest BCUT2D eigenvalue weighted by atomic mass is 35.5. The number of rotatable bonds is 2. The van der Waals surface area contributed by atoms with Gasteiger partial charge in [-0.1, -0.05) is 0 Å². The van der Waals surface area contributed by atoms with Crippen LogP contribution in [0.4, 0.5) is 4.79 Å². The number of carbonyl (C=O) groups excluding carboxylic acids is 2. The average molecular weight is 237 g/mol. The Morgan fingerprint density at radius 1 is 1.36 bits per heavy atom. The minimum absolute atomic E-state index is 0.187. The van der Waals surface area contributed by atoms with Gasteiger partial charge < -0.3 is 5.32 Å². The fourth-order valence-corrected chi connectivity index (χ4v) is 2.40. The van der Waals surface area contributed by atoms with E-state index in [2.05, 4.69) is 10.6 Å². The number of alkyl halides is 1. The van der Waals surface area contributed by atoms with E-state index in [-0.39, 0.29) is 11.9 Å². The Morgan fingerprint density at radius 3 is 2.57 bits per heavy atom. The molecule has 1 rings (SSSR count). The second-order valence-corrected chi connectivity index (χ2v) is 4.53. The summed E-state index contributed by atoms with van der Waals surface area (Å²) >= 11 is 7.13. The second kappa shape index (κ2) is 6.14. The van der Waals surface area contributed by atoms with E-state index < -0.39 is 11.9 Å². The van der Waals surface area contributed by atoms with Gasteiger partial charge in [-0.25, -0.2) is 4.79 Å². The standard InChI is InChI=1S/C8H13ClN2O2S/c9-5-7(12)11-8(13)10-6-1-3-14-4-2-6/h6H,1-5H2,(H2,10,11,12,13). The molecule has 0 unspecified atom stereocenters. The van der Waals surface area contributed by atoms with Crippen LogP contribution in [0.2, 0.25) is 0 Å². The fraction of sp³-hybridized carbons (Fsp3) is 0.750. The predicted octanol–water partition coefficient (Wildman–Crippen LogP) is 0.947. The normalized spacial score (nSPS) is 17.5. The topological polar surface area (TPSA) is 58.2 Å². The first-order chi connectivity index (χ1) is 6.72. The Bertz CT molecular complexity index is 219. The summed E-state index contributed by atoms with van der Waals surface area (Å²) in [6.45, 7) is 0. The van der Waals surface area contributed by atoms with E-state index in [1.54, 1.807) is 0 Å². The molecule has 0 aromatic carbocycles. The Balaban J connectivity index is 2.21. The molecule has 14 heavy (non-hydrogen) atoms. The molecule has 1 aliphatic rings. The first-order valence-corrected chi connectivity index (χ1v) is 6.15. The minimum Gasteiger partial charge on any atom is -0.335 e. The van der Waals surface area contributed by atoms with Crippen molar-refractivity contribution in [1.29, 1.82) is 0 Å². The molecule has 1 heterocycles. The van der Waals surface area contributed by atoms with Crippen molar-refractivity contribution in [3.63, 3.8) is 0 Å². The highest BCUT2D eigenvalue weighted by molar-refractivity contribution is 7.99. The van der Waals surface area contributed by atoms with Crippen LogP contribution in [0.15, 0.2) is 0 Å². The molecule has 0 aromatic heterocycles. The maximum absolute atomic E-state index is 11.2. The third kappa shape index (κ3) is 4.19. The summed E-state index contributed by atoms with van der Waals surface area (Å²) in [5.74, 6) is 1.48. The van der Waals surface area contributed by atoms with Gasteiger partial charge in [-0.3, -0.25) is 10.1 Å². The SMILES string of the molecule is O=C(CCl)NC(=O)NC1CCSCC1. The van der Waals surface area contributed by atoms with Gasteiger partial charge in [-0.05, 0) is 24.3 Å². The number of halogens is 1. The lowest BCUT2D eigenvalue weighted by Crippen LogP contribution is -2.46. The van der Waals surface area contributed by atoms with Gasteiger partial charge in [0.1, 0.15) is 5.88 Å². The third-order valence-corrected chi connectivity index (χ3v) is 3.22. The zero-order chi connectivity index (χ0) is 10.4. The van der Waals surface area contributed by atoms with Gasteiger partial charge in [0.2, 0.25) is 5.91 Å². The smallest absolute Gasteiger partial charge is 0.321 e. The Kier molecular flexibility index (Phi) is 5.11. The van der Waals surface area contributed by atoms with Crippen LogP contribution >= 0.6 is 23.4 Å². The molecule has 6 heteroatoms. The number of thioether (sulfide) groups is 1. The lowest BCUT2D eigenvalue weighted by Gasteiger charge is -2.22. The lowest BCUT2D eigenvalue weighted by molar-refractivity contribution is -0.117. The zero-order valence-corrected chi connectivity index (χ0v) is 9.29. The van der Waals surface area contributed by atoms with Crippen LogP contribution in [0.5, 0.6) is 0 Å². The molecule has 0 bridgehead atoms. The molecule has 0 saturated carbocycles. The van der Waals surface area contributed by atoms with Gasteiger partial charge in [0, 0.05) is 6.04 Å². The molecule has 0 atom stereocenters. The van der Waals surface area contributed by atoms with Crippen LogP contribution in [0.25, 0.3) is 0 Å². The van der Waals surface area contributed by atoms with E-state index in [0.29, 0.717) is 0 Å². The minimum atomic E-state index is -0.464. The van der Waals surface area contributed by atoms with Crippen LogP contribution in [-0.4, -0.2) is 35.4 Å². The van der Waals surface area contributed by atoms with Crippen molar-refractivity contribution in [3.8, 4) is 0 Å². The van der Waals surface area contributed by atoms with Gasteiger partial charge in [0.15, 0.2) is 0 Å². The largest absolute Gasteiger partial charge is 0.335 e. The number of carbonyl (C=O) groups is 2. The van der Waals surface area contributed by atoms with Gasteiger partial charge in [0.25, 0.3) is 0 Å².